The van der Waals surface area contributed by atoms with Crippen LogP contribution in [0.2, 0.25) is 0 Å². The van der Waals surface area contributed by atoms with Gasteiger partial charge in [-0.1, -0.05) is 6.92 Å². The number of nitrogens with zero attached hydrogens (tertiary/aromatic N) is 2. The number of methoxy groups -OCH3 is 1. The molecule has 0 aromatic heterocycles. The number of rotatable bonds is 9. The predicted octanol–water partition coefficient (Wildman–Crippen LogP) is 1.27. The Bertz CT molecular complexity index is 225. The smallest absolute Gasteiger partial charge is 0.0589 e. The van der Waals surface area contributed by atoms with E-state index in [0.717, 1.165) is 32.2 Å². The van der Waals surface area contributed by atoms with E-state index >= 15 is 0 Å². The lowest BCUT2D eigenvalue weighted by molar-refractivity contribution is 0.149. The summed E-state index contributed by atoms with van der Waals surface area (Å²) < 4.78 is 5.09. The monoisotopic (exact) mass is 271 g/mol. The fourth-order valence-electron chi connectivity index (χ4n) is 2.80. The maximum absolute atomic E-state index is 5.09. The zero-order valence-corrected chi connectivity index (χ0v) is 13.3. The van der Waals surface area contributed by atoms with Crippen LogP contribution in [0, 0.1) is 5.92 Å². The summed E-state index contributed by atoms with van der Waals surface area (Å²) in [5, 5.41) is 3.70. The van der Waals surface area contributed by atoms with E-state index in [-0.39, 0.29) is 0 Å². The van der Waals surface area contributed by atoms with Crippen LogP contribution in [0.15, 0.2) is 0 Å². The second-order valence-electron chi connectivity index (χ2n) is 5.83. The molecule has 1 saturated heterocycles. The molecule has 1 aliphatic heterocycles. The molecule has 0 amide bonds. The lowest BCUT2D eigenvalue weighted by atomic mass is 9.91. The molecule has 0 bridgehead atoms. The van der Waals surface area contributed by atoms with Gasteiger partial charge < -0.3 is 19.9 Å². The lowest BCUT2D eigenvalue weighted by Gasteiger charge is -2.35. The van der Waals surface area contributed by atoms with Crippen LogP contribution in [0.3, 0.4) is 0 Å². The number of ether oxygens (including phenoxy) is 1. The third kappa shape index (κ3) is 6.70. The molecule has 1 rings (SSSR count). The minimum absolute atomic E-state index is 0.630. The molecule has 1 N–H and O–H groups in total. The number of nitrogens with one attached hydrogen (secondary N) is 1. The Morgan fingerprint density at radius 2 is 2.21 bits per heavy atom. The molecule has 0 aliphatic carbocycles. The molecule has 1 aliphatic rings. The van der Waals surface area contributed by atoms with Gasteiger partial charge in [-0.05, 0) is 45.8 Å². The van der Waals surface area contributed by atoms with E-state index in [1.165, 1.54) is 32.5 Å². The van der Waals surface area contributed by atoms with E-state index in [2.05, 4.69) is 36.0 Å². The Balaban J connectivity index is 2.14. The molecule has 0 spiro atoms. The van der Waals surface area contributed by atoms with E-state index in [9.17, 15) is 0 Å². The molecular formula is C15H33N3O. The minimum Gasteiger partial charge on any atom is -0.383 e. The summed E-state index contributed by atoms with van der Waals surface area (Å²) in [6.45, 7) is 12.4. The van der Waals surface area contributed by atoms with Crippen molar-refractivity contribution in [3.8, 4) is 0 Å². The molecule has 2 atom stereocenters. The van der Waals surface area contributed by atoms with E-state index in [1.807, 2.05) is 0 Å². The van der Waals surface area contributed by atoms with Crippen LogP contribution < -0.4 is 5.32 Å². The number of piperidine rings is 1. The van der Waals surface area contributed by atoms with Gasteiger partial charge in [0.15, 0.2) is 0 Å². The van der Waals surface area contributed by atoms with Gasteiger partial charge in [-0.2, -0.15) is 0 Å². The summed E-state index contributed by atoms with van der Waals surface area (Å²) in [6, 6.07) is 0.630. The second kappa shape index (κ2) is 9.70. The summed E-state index contributed by atoms with van der Waals surface area (Å²) in [6.07, 6.45) is 2.74. The van der Waals surface area contributed by atoms with Crippen molar-refractivity contribution in [2.24, 2.45) is 5.92 Å². The molecule has 0 aromatic carbocycles. The summed E-state index contributed by atoms with van der Waals surface area (Å²) in [5.41, 5.74) is 0. The maximum atomic E-state index is 5.09. The van der Waals surface area contributed by atoms with Crippen LogP contribution in [-0.2, 0) is 4.74 Å². The first-order valence-corrected chi connectivity index (χ1v) is 7.80. The van der Waals surface area contributed by atoms with Crippen molar-refractivity contribution in [2.45, 2.75) is 32.7 Å². The predicted molar refractivity (Wildman–Crippen MR) is 81.7 cm³/mol. The van der Waals surface area contributed by atoms with E-state index in [1.54, 1.807) is 7.11 Å². The van der Waals surface area contributed by atoms with Gasteiger partial charge in [0.05, 0.1) is 6.61 Å². The van der Waals surface area contributed by atoms with Crippen molar-refractivity contribution in [2.75, 3.05) is 60.0 Å². The van der Waals surface area contributed by atoms with Crippen LogP contribution in [0.25, 0.3) is 0 Å². The molecule has 114 valence electrons. The summed E-state index contributed by atoms with van der Waals surface area (Å²) in [7, 11) is 3.92. The largest absolute Gasteiger partial charge is 0.383 e. The molecule has 0 aromatic rings. The Morgan fingerprint density at radius 1 is 1.42 bits per heavy atom. The first-order valence-electron chi connectivity index (χ1n) is 7.80. The van der Waals surface area contributed by atoms with E-state index < -0.39 is 0 Å². The molecule has 0 radical (unpaired) electrons. The molecule has 1 fully saturated rings. The highest BCUT2D eigenvalue weighted by Crippen LogP contribution is 2.19. The topological polar surface area (TPSA) is 27.7 Å². The average molecular weight is 271 g/mol. The van der Waals surface area contributed by atoms with E-state index in [0.29, 0.717) is 6.04 Å². The molecule has 2 unspecified atom stereocenters. The Kier molecular flexibility index (Phi) is 8.62. The standard InChI is InChI=1S/C15H33N3O/c1-5-18-9-6-7-15(13-18)14(2)16-8-10-17(3)11-12-19-4/h14-16H,5-13H2,1-4H3. The zero-order valence-electron chi connectivity index (χ0n) is 13.3. The van der Waals surface area contributed by atoms with Gasteiger partial charge in [0, 0.05) is 39.3 Å². The fraction of sp³-hybridized carbons (Fsp3) is 1.00. The highest BCUT2D eigenvalue weighted by atomic mass is 16.5. The third-order valence-electron chi connectivity index (χ3n) is 4.33. The lowest BCUT2D eigenvalue weighted by Crippen LogP contribution is -2.45. The molecule has 4 nitrogen and oxygen atoms in total. The van der Waals surface area contributed by atoms with Crippen molar-refractivity contribution in [3.05, 3.63) is 0 Å². The SMILES string of the molecule is CCN1CCCC(C(C)NCCN(C)CCOC)C1. The quantitative estimate of drug-likeness (QED) is 0.683. The Labute approximate surface area is 119 Å². The average Bonchev–Trinajstić information content (AvgIpc) is 2.45. The van der Waals surface area contributed by atoms with Crippen molar-refractivity contribution in [1.82, 2.24) is 15.1 Å². The number of hydrogen-bond acceptors (Lipinski definition) is 4. The zero-order chi connectivity index (χ0) is 14.1. The van der Waals surface area contributed by atoms with E-state index in [4.69, 9.17) is 4.74 Å². The highest BCUT2D eigenvalue weighted by molar-refractivity contribution is 4.80. The third-order valence-corrected chi connectivity index (χ3v) is 4.33. The minimum atomic E-state index is 0.630. The van der Waals surface area contributed by atoms with Gasteiger partial charge in [0.1, 0.15) is 0 Å². The Hall–Kier alpha value is -0.160. The normalized spacial score (nSPS) is 22.9. The number of hydrogen-bond donors (Lipinski definition) is 1. The molecule has 1 heterocycles. The molecular weight excluding hydrogens is 238 g/mol. The van der Waals surface area contributed by atoms with Crippen molar-refractivity contribution >= 4 is 0 Å². The highest BCUT2D eigenvalue weighted by Gasteiger charge is 2.23. The fourth-order valence-corrected chi connectivity index (χ4v) is 2.80. The summed E-state index contributed by atoms with van der Waals surface area (Å²) in [4.78, 5) is 4.90. The first-order chi connectivity index (χ1) is 9.17. The first kappa shape index (κ1) is 16.9. The molecule has 19 heavy (non-hydrogen) atoms. The van der Waals surface area contributed by atoms with Gasteiger partial charge in [-0.3, -0.25) is 0 Å². The van der Waals surface area contributed by atoms with Gasteiger partial charge >= 0.3 is 0 Å². The van der Waals surface area contributed by atoms with Gasteiger partial charge in [-0.15, -0.1) is 0 Å². The second-order valence-corrected chi connectivity index (χ2v) is 5.83. The van der Waals surface area contributed by atoms with Crippen LogP contribution >= 0.6 is 0 Å². The Morgan fingerprint density at radius 3 is 2.89 bits per heavy atom. The van der Waals surface area contributed by atoms with Gasteiger partial charge in [0.2, 0.25) is 0 Å². The molecule has 0 saturated carbocycles. The van der Waals surface area contributed by atoms with Crippen molar-refractivity contribution in [1.29, 1.82) is 0 Å². The van der Waals surface area contributed by atoms with Gasteiger partial charge in [0.25, 0.3) is 0 Å². The van der Waals surface area contributed by atoms with Gasteiger partial charge in [-0.25, -0.2) is 0 Å². The van der Waals surface area contributed by atoms with Crippen LogP contribution in [0.1, 0.15) is 26.7 Å². The number of likely N-dealkylation sites (N-methyl/N-ethyl adjacent to an activating group) is 1. The van der Waals surface area contributed by atoms with Crippen molar-refractivity contribution < 1.29 is 4.74 Å². The maximum Gasteiger partial charge on any atom is 0.0589 e. The molecule has 4 heteroatoms. The summed E-state index contributed by atoms with van der Waals surface area (Å²) in [5.74, 6) is 0.818. The van der Waals surface area contributed by atoms with Crippen molar-refractivity contribution in [3.63, 3.8) is 0 Å². The van der Waals surface area contributed by atoms with Crippen LogP contribution in [-0.4, -0.2) is 75.9 Å². The summed E-state index contributed by atoms with van der Waals surface area (Å²) >= 11 is 0. The van der Waals surface area contributed by atoms with Crippen LogP contribution in [0.5, 0.6) is 0 Å². The number of likely N-dealkylation sites (tertiary alicyclic amines) is 1. The van der Waals surface area contributed by atoms with Crippen LogP contribution in [0.4, 0.5) is 0 Å².